The van der Waals surface area contributed by atoms with Crippen molar-refractivity contribution in [2.45, 2.75) is 12.5 Å². The maximum atomic E-state index is 4.35. The monoisotopic (exact) mass is 136 g/mol. The number of rotatable bonds is 0. The van der Waals surface area contributed by atoms with E-state index in [1.807, 2.05) is 7.05 Å². The van der Waals surface area contributed by atoms with Gasteiger partial charge in [0, 0.05) is 24.7 Å². The summed E-state index contributed by atoms with van der Waals surface area (Å²) < 4.78 is 0. The van der Waals surface area contributed by atoms with E-state index in [9.17, 15) is 0 Å². The summed E-state index contributed by atoms with van der Waals surface area (Å²) in [7, 11) is 1.94. The van der Waals surface area contributed by atoms with Crippen molar-refractivity contribution >= 4 is 5.71 Å². The summed E-state index contributed by atoms with van der Waals surface area (Å²) in [6.07, 6.45) is 1.38. The van der Waals surface area contributed by atoms with Crippen molar-refractivity contribution in [1.82, 2.24) is 5.32 Å². The first kappa shape index (κ1) is 5.30. The van der Waals surface area contributed by atoms with Crippen LogP contribution in [0.3, 0.4) is 0 Å². The SMILES string of the molecule is CN=C1C2CC3C(CN2)C13. The molecule has 4 bridgehead atoms. The maximum Gasteiger partial charge on any atom is 0.0456 e. The summed E-state index contributed by atoms with van der Waals surface area (Å²) in [5.74, 6) is 2.92. The highest BCUT2D eigenvalue weighted by molar-refractivity contribution is 5.98. The normalized spacial score (nSPS) is 59.5. The second kappa shape index (κ2) is 1.45. The third-order valence-corrected chi connectivity index (χ3v) is 3.40. The van der Waals surface area contributed by atoms with E-state index in [1.54, 1.807) is 0 Å². The van der Waals surface area contributed by atoms with Crippen molar-refractivity contribution in [1.29, 1.82) is 0 Å². The number of aliphatic imine (C=N–C) groups is 1. The largest absolute Gasteiger partial charge is 0.309 e. The summed E-state index contributed by atoms with van der Waals surface area (Å²) >= 11 is 0. The standard InChI is InChI=1S/C8H12N2/c1-9-8-6-2-4-5(3-10-6)7(4)8/h4-7,10H,2-3H2,1H3. The van der Waals surface area contributed by atoms with Crippen LogP contribution in [-0.4, -0.2) is 25.3 Å². The fourth-order valence-electron chi connectivity index (χ4n) is 2.88. The van der Waals surface area contributed by atoms with Gasteiger partial charge in [-0.05, 0) is 24.8 Å². The number of hydrogen-bond donors (Lipinski definition) is 1. The van der Waals surface area contributed by atoms with Crippen LogP contribution in [0.2, 0.25) is 0 Å². The first-order chi connectivity index (χ1) is 4.92. The van der Waals surface area contributed by atoms with Gasteiger partial charge in [0.05, 0.1) is 0 Å². The van der Waals surface area contributed by atoms with Crippen molar-refractivity contribution in [3.8, 4) is 0 Å². The minimum absolute atomic E-state index is 0.671. The van der Waals surface area contributed by atoms with Gasteiger partial charge in [-0.2, -0.15) is 0 Å². The van der Waals surface area contributed by atoms with Gasteiger partial charge in [-0.25, -0.2) is 0 Å². The average molecular weight is 136 g/mol. The minimum atomic E-state index is 0.671. The molecule has 2 aliphatic carbocycles. The zero-order valence-corrected chi connectivity index (χ0v) is 6.17. The second-order valence-electron chi connectivity index (χ2n) is 3.70. The Bertz CT molecular complexity index is 201. The highest BCUT2D eigenvalue weighted by Gasteiger charge is 2.62. The van der Waals surface area contributed by atoms with Gasteiger partial charge in [-0.15, -0.1) is 0 Å². The average Bonchev–Trinajstić information content (AvgIpc) is 2.60. The van der Waals surface area contributed by atoms with E-state index in [-0.39, 0.29) is 0 Å². The van der Waals surface area contributed by atoms with Crippen LogP contribution in [0.15, 0.2) is 4.99 Å². The molecule has 2 saturated heterocycles. The zero-order valence-electron chi connectivity index (χ0n) is 6.17. The van der Waals surface area contributed by atoms with Crippen LogP contribution in [0.1, 0.15) is 6.42 Å². The molecule has 4 unspecified atom stereocenters. The molecule has 2 heteroatoms. The Morgan fingerprint density at radius 1 is 1.50 bits per heavy atom. The van der Waals surface area contributed by atoms with Crippen molar-refractivity contribution in [3.05, 3.63) is 0 Å². The van der Waals surface area contributed by atoms with E-state index in [2.05, 4.69) is 10.3 Å². The number of hydrogen-bond acceptors (Lipinski definition) is 2. The Kier molecular flexibility index (Phi) is 0.768. The molecule has 2 aliphatic heterocycles. The highest BCUT2D eigenvalue weighted by Crippen LogP contribution is 2.58. The molecule has 0 aromatic rings. The van der Waals surface area contributed by atoms with Gasteiger partial charge in [0.25, 0.3) is 0 Å². The number of nitrogens with one attached hydrogen (secondary N) is 1. The molecule has 0 aromatic heterocycles. The lowest BCUT2D eigenvalue weighted by Gasteiger charge is -2.24. The van der Waals surface area contributed by atoms with Crippen molar-refractivity contribution in [2.24, 2.45) is 22.7 Å². The van der Waals surface area contributed by atoms with Crippen LogP contribution >= 0.6 is 0 Å². The van der Waals surface area contributed by atoms with Gasteiger partial charge in [0.15, 0.2) is 0 Å². The quantitative estimate of drug-likeness (QED) is 0.508. The summed E-state index contributed by atoms with van der Waals surface area (Å²) in [6, 6.07) is 0.671. The lowest BCUT2D eigenvalue weighted by atomic mass is 10.0. The Labute approximate surface area is 60.7 Å². The predicted octanol–water partition coefficient (Wildman–Crippen LogP) is 0.295. The van der Waals surface area contributed by atoms with Gasteiger partial charge in [0.1, 0.15) is 0 Å². The van der Waals surface area contributed by atoms with Gasteiger partial charge < -0.3 is 5.32 Å². The van der Waals surface area contributed by atoms with Crippen LogP contribution in [0.5, 0.6) is 0 Å². The molecule has 1 N–H and O–H groups in total. The molecule has 0 amide bonds. The van der Waals surface area contributed by atoms with Crippen LogP contribution in [0.4, 0.5) is 0 Å². The molecule has 4 fully saturated rings. The van der Waals surface area contributed by atoms with Gasteiger partial charge in [0.2, 0.25) is 0 Å². The molecule has 0 aromatic carbocycles. The van der Waals surface area contributed by atoms with E-state index >= 15 is 0 Å². The topological polar surface area (TPSA) is 24.4 Å². The Balaban J connectivity index is 2.02. The Morgan fingerprint density at radius 3 is 2.80 bits per heavy atom. The summed E-state index contributed by atoms with van der Waals surface area (Å²) in [4.78, 5) is 4.35. The van der Waals surface area contributed by atoms with E-state index in [4.69, 9.17) is 0 Å². The van der Waals surface area contributed by atoms with E-state index in [0.717, 1.165) is 17.8 Å². The van der Waals surface area contributed by atoms with Crippen LogP contribution in [0.25, 0.3) is 0 Å². The number of fused-ring (bicyclic) bond motifs is 1. The summed E-state index contributed by atoms with van der Waals surface area (Å²) in [5, 5.41) is 3.51. The molecule has 2 nitrogen and oxygen atoms in total. The molecular weight excluding hydrogens is 124 g/mol. The van der Waals surface area contributed by atoms with Crippen molar-refractivity contribution in [3.63, 3.8) is 0 Å². The molecule has 2 saturated carbocycles. The highest BCUT2D eigenvalue weighted by atomic mass is 15.0. The summed E-state index contributed by atoms with van der Waals surface area (Å²) in [6.45, 7) is 1.26. The fourth-order valence-corrected chi connectivity index (χ4v) is 2.88. The third kappa shape index (κ3) is 0.409. The van der Waals surface area contributed by atoms with E-state index in [1.165, 1.54) is 18.7 Å². The first-order valence-corrected chi connectivity index (χ1v) is 4.12. The van der Waals surface area contributed by atoms with Crippen LogP contribution < -0.4 is 5.32 Å². The van der Waals surface area contributed by atoms with Gasteiger partial charge in [-0.1, -0.05) is 0 Å². The number of piperidine rings is 2. The predicted molar refractivity (Wildman–Crippen MR) is 40.2 cm³/mol. The molecule has 2 heterocycles. The van der Waals surface area contributed by atoms with Crippen LogP contribution in [0, 0.1) is 17.8 Å². The van der Waals surface area contributed by atoms with Crippen molar-refractivity contribution in [2.75, 3.05) is 13.6 Å². The third-order valence-electron chi connectivity index (χ3n) is 3.40. The van der Waals surface area contributed by atoms with E-state index in [0.29, 0.717) is 6.04 Å². The zero-order chi connectivity index (χ0) is 6.72. The lowest BCUT2D eigenvalue weighted by Crippen LogP contribution is -2.43. The van der Waals surface area contributed by atoms with Gasteiger partial charge >= 0.3 is 0 Å². The Hall–Kier alpha value is -0.370. The molecule has 4 rings (SSSR count). The smallest absolute Gasteiger partial charge is 0.0456 e. The van der Waals surface area contributed by atoms with E-state index < -0.39 is 0 Å². The second-order valence-corrected chi connectivity index (χ2v) is 3.70. The van der Waals surface area contributed by atoms with Crippen LogP contribution in [-0.2, 0) is 0 Å². The molecule has 54 valence electrons. The first-order valence-electron chi connectivity index (χ1n) is 4.12. The minimum Gasteiger partial charge on any atom is -0.309 e. The Morgan fingerprint density at radius 2 is 2.40 bits per heavy atom. The molecular formula is C8H12N2. The van der Waals surface area contributed by atoms with Gasteiger partial charge in [-0.3, -0.25) is 4.99 Å². The molecule has 0 radical (unpaired) electrons. The molecule has 4 atom stereocenters. The molecule has 4 aliphatic rings. The molecule has 0 spiro atoms. The van der Waals surface area contributed by atoms with Crippen molar-refractivity contribution < 1.29 is 0 Å². The molecule has 10 heavy (non-hydrogen) atoms. The fraction of sp³-hybridized carbons (Fsp3) is 0.875. The maximum absolute atomic E-state index is 4.35. The summed E-state index contributed by atoms with van der Waals surface area (Å²) in [5.41, 5.74) is 1.47. The lowest BCUT2D eigenvalue weighted by molar-refractivity contribution is 0.447. The number of nitrogens with zero attached hydrogens (tertiary/aromatic N) is 1.